The number of ether oxygens (including phenoxy) is 3. The summed E-state index contributed by atoms with van der Waals surface area (Å²) >= 11 is 5.97. The van der Waals surface area contributed by atoms with E-state index in [4.69, 9.17) is 26.3 Å². The van der Waals surface area contributed by atoms with E-state index >= 15 is 0 Å². The lowest BCUT2D eigenvalue weighted by Crippen LogP contribution is -2.13. The van der Waals surface area contributed by atoms with E-state index in [2.05, 4.69) is 4.74 Å². The lowest BCUT2D eigenvalue weighted by Gasteiger charge is -2.13. The van der Waals surface area contributed by atoms with E-state index in [-0.39, 0.29) is 17.4 Å². The maximum absolute atomic E-state index is 11.0. The number of carbonyl (C=O) groups is 1. The molecular weight excluding hydrogens is 258 g/mol. The molecule has 0 aliphatic rings. The third kappa shape index (κ3) is 3.54. The lowest BCUT2D eigenvalue weighted by molar-refractivity contribution is -0.142. The third-order valence-electron chi connectivity index (χ3n) is 2.00. The first kappa shape index (κ1) is 14.1. The normalized spacial score (nSPS) is 9.44. The smallest absolute Gasteiger partial charge is 0.343 e. The zero-order valence-corrected chi connectivity index (χ0v) is 10.8. The summed E-state index contributed by atoms with van der Waals surface area (Å²) in [4.78, 5) is 11.0. The highest BCUT2D eigenvalue weighted by Crippen LogP contribution is 2.36. The number of benzene rings is 1. The van der Waals surface area contributed by atoms with Gasteiger partial charge in [0.05, 0.1) is 30.4 Å². The van der Waals surface area contributed by atoms with Crippen LogP contribution in [-0.4, -0.2) is 26.3 Å². The minimum absolute atomic E-state index is 0.210. The minimum atomic E-state index is -0.530. The van der Waals surface area contributed by atoms with Crippen LogP contribution < -0.4 is 9.47 Å². The van der Waals surface area contributed by atoms with Crippen LogP contribution in [0.1, 0.15) is 12.5 Å². The molecule has 0 radical (unpaired) electrons. The van der Waals surface area contributed by atoms with Gasteiger partial charge in [0.2, 0.25) is 0 Å². The highest BCUT2D eigenvalue weighted by molar-refractivity contribution is 6.32. The summed E-state index contributed by atoms with van der Waals surface area (Å²) in [7, 11) is 1.26. The molecule has 0 saturated carbocycles. The molecular formula is C12H12ClNO4. The first-order chi connectivity index (χ1) is 8.62. The molecule has 96 valence electrons. The molecule has 0 heterocycles. The van der Waals surface area contributed by atoms with E-state index in [1.54, 1.807) is 6.92 Å². The van der Waals surface area contributed by atoms with Gasteiger partial charge in [-0.3, -0.25) is 0 Å². The van der Waals surface area contributed by atoms with Crippen LogP contribution in [0.15, 0.2) is 12.1 Å². The molecule has 1 aromatic carbocycles. The summed E-state index contributed by atoms with van der Waals surface area (Å²) < 4.78 is 15.0. The lowest BCUT2D eigenvalue weighted by atomic mass is 10.2. The summed E-state index contributed by atoms with van der Waals surface area (Å²) in [6.45, 7) is 1.90. The van der Waals surface area contributed by atoms with Gasteiger partial charge in [-0.1, -0.05) is 11.6 Å². The molecule has 0 aliphatic heterocycles. The van der Waals surface area contributed by atoms with Crippen LogP contribution in [0.4, 0.5) is 0 Å². The van der Waals surface area contributed by atoms with Gasteiger partial charge in [-0.25, -0.2) is 4.79 Å². The average molecular weight is 270 g/mol. The van der Waals surface area contributed by atoms with Gasteiger partial charge >= 0.3 is 5.97 Å². The Morgan fingerprint density at radius 2 is 2.17 bits per heavy atom. The van der Waals surface area contributed by atoms with Crippen molar-refractivity contribution in [3.63, 3.8) is 0 Å². The van der Waals surface area contributed by atoms with Gasteiger partial charge in [0.1, 0.15) is 0 Å². The second kappa shape index (κ2) is 6.72. The van der Waals surface area contributed by atoms with Gasteiger partial charge in [0.15, 0.2) is 18.1 Å². The quantitative estimate of drug-likeness (QED) is 0.766. The van der Waals surface area contributed by atoms with Crippen LogP contribution >= 0.6 is 11.6 Å². The molecule has 1 rings (SSSR count). The van der Waals surface area contributed by atoms with E-state index in [1.807, 2.05) is 6.07 Å². The summed E-state index contributed by atoms with van der Waals surface area (Å²) in [5.74, 6) is 0.0197. The number of methoxy groups -OCH3 is 1. The van der Waals surface area contributed by atoms with Gasteiger partial charge in [-0.2, -0.15) is 5.26 Å². The number of carbonyl (C=O) groups excluding carboxylic acids is 1. The molecule has 0 N–H and O–H groups in total. The maximum Gasteiger partial charge on any atom is 0.343 e. The summed E-state index contributed by atoms with van der Waals surface area (Å²) in [5, 5.41) is 9.03. The second-order valence-corrected chi connectivity index (χ2v) is 3.60. The van der Waals surface area contributed by atoms with Crippen molar-refractivity contribution in [2.24, 2.45) is 0 Å². The van der Waals surface area contributed by atoms with Crippen LogP contribution in [0.25, 0.3) is 0 Å². The predicted molar refractivity (Wildman–Crippen MR) is 64.8 cm³/mol. The molecule has 0 fully saturated rings. The van der Waals surface area contributed by atoms with Crippen LogP contribution in [0.3, 0.4) is 0 Å². The largest absolute Gasteiger partial charge is 0.490 e. The van der Waals surface area contributed by atoms with Crippen molar-refractivity contribution >= 4 is 17.6 Å². The number of hydrogen-bond acceptors (Lipinski definition) is 5. The van der Waals surface area contributed by atoms with Crippen molar-refractivity contribution in [2.75, 3.05) is 20.3 Å². The maximum atomic E-state index is 11.0. The van der Waals surface area contributed by atoms with E-state index in [0.29, 0.717) is 17.9 Å². The number of nitriles is 1. The molecule has 0 bridgehead atoms. The molecule has 0 saturated heterocycles. The Bertz CT molecular complexity index is 482. The Morgan fingerprint density at radius 1 is 1.44 bits per heavy atom. The third-order valence-corrected chi connectivity index (χ3v) is 2.28. The Balaban J connectivity index is 3.01. The fraction of sp³-hybridized carbons (Fsp3) is 0.333. The average Bonchev–Trinajstić information content (AvgIpc) is 2.37. The first-order valence-electron chi connectivity index (χ1n) is 5.18. The van der Waals surface area contributed by atoms with Crippen LogP contribution in [0.5, 0.6) is 11.5 Å². The molecule has 6 heteroatoms. The summed E-state index contributed by atoms with van der Waals surface area (Å²) in [5.41, 5.74) is 0.355. The fourth-order valence-corrected chi connectivity index (χ4v) is 1.49. The van der Waals surface area contributed by atoms with Gasteiger partial charge in [0, 0.05) is 6.07 Å². The van der Waals surface area contributed by atoms with E-state index < -0.39 is 5.97 Å². The monoisotopic (exact) mass is 269 g/mol. The molecule has 0 unspecified atom stereocenters. The highest BCUT2D eigenvalue weighted by Gasteiger charge is 2.14. The van der Waals surface area contributed by atoms with Crippen molar-refractivity contribution in [3.8, 4) is 17.6 Å². The van der Waals surface area contributed by atoms with Crippen molar-refractivity contribution in [3.05, 3.63) is 22.7 Å². The number of halogens is 1. The van der Waals surface area contributed by atoms with Crippen LogP contribution in [-0.2, 0) is 9.53 Å². The van der Waals surface area contributed by atoms with Gasteiger partial charge in [-0.15, -0.1) is 0 Å². The topological polar surface area (TPSA) is 68.5 Å². The van der Waals surface area contributed by atoms with Crippen LogP contribution in [0.2, 0.25) is 5.02 Å². The highest BCUT2D eigenvalue weighted by atomic mass is 35.5. The zero-order chi connectivity index (χ0) is 13.5. The predicted octanol–water partition coefficient (Wildman–Crippen LogP) is 2.16. The minimum Gasteiger partial charge on any atom is -0.490 e. The molecule has 0 atom stereocenters. The second-order valence-electron chi connectivity index (χ2n) is 3.19. The Hall–Kier alpha value is -1.93. The zero-order valence-electron chi connectivity index (χ0n) is 10.0. The number of hydrogen-bond donors (Lipinski definition) is 0. The van der Waals surface area contributed by atoms with Crippen molar-refractivity contribution < 1.29 is 19.0 Å². The van der Waals surface area contributed by atoms with Crippen LogP contribution in [0, 0.1) is 11.3 Å². The number of esters is 1. The standard InChI is InChI=1S/C12H12ClNO4/c1-3-17-10-5-8(6-14)4-9(13)12(10)18-7-11(15)16-2/h4-5H,3,7H2,1-2H3. The molecule has 18 heavy (non-hydrogen) atoms. The summed E-state index contributed by atoms with van der Waals surface area (Å²) in [6, 6.07) is 4.90. The van der Waals surface area contributed by atoms with Crippen molar-refractivity contribution in [1.29, 1.82) is 5.26 Å². The molecule has 0 spiro atoms. The Kier molecular flexibility index (Phi) is 5.28. The summed E-state index contributed by atoms with van der Waals surface area (Å²) in [6.07, 6.45) is 0. The van der Waals surface area contributed by atoms with Crippen molar-refractivity contribution in [1.82, 2.24) is 0 Å². The molecule has 0 aromatic heterocycles. The molecule has 1 aromatic rings. The number of nitrogens with zero attached hydrogens (tertiary/aromatic N) is 1. The van der Waals surface area contributed by atoms with E-state index in [0.717, 1.165) is 0 Å². The first-order valence-corrected chi connectivity index (χ1v) is 5.56. The van der Waals surface area contributed by atoms with E-state index in [9.17, 15) is 4.79 Å². The van der Waals surface area contributed by atoms with Gasteiger partial charge < -0.3 is 14.2 Å². The SMILES string of the molecule is CCOc1cc(C#N)cc(Cl)c1OCC(=O)OC. The van der Waals surface area contributed by atoms with Gasteiger partial charge in [0.25, 0.3) is 0 Å². The molecule has 0 aliphatic carbocycles. The Labute approximate surface area is 110 Å². The van der Waals surface area contributed by atoms with Gasteiger partial charge in [-0.05, 0) is 13.0 Å². The fourth-order valence-electron chi connectivity index (χ4n) is 1.23. The van der Waals surface area contributed by atoms with E-state index in [1.165, 1.54) is 19.2 Å². The van der Waals surface area contributed by atoms with Crippen molar-refractivity contribution in [2.45, 2.75) is 6.92 Å². The molecule has 0 amide bonds. The molecule has 5 nitrogen and oxygen atoms in total. The number of rotatable bonds is 5. The Morgan fingerprint density at radius 3 is 2.72 bits per heavy atom.